The highest BCUT2D eigenvalue weighted by molar-refractivity contribution is 7.80. The topological polar surface area (TPSA) is 95.4 Å². The van der Waals surface area contributed by atoms with Gasteiger partial charge in [0.25, 0.3) is 11.8 Å². The highest BCUT2D eigenvalue weighted by atomic mass is 32.1. The first-order valence-electron chi connectivity index (χ1n) is 9.70. The van der Waals surface area contributed by atoms with Crippen LogP contribution in [0.3, 0.4) is 0 Å². The minimum absolute atomic E-state index is 0.132. The minimum Gasteiger partial charge on any atom is -0.459 e. The largest absolute Gasteiger partial charge is 0.459 e. The van der Waals surface area contributed by atoms with Crippen LogP contribution in [0.15, 0.2) is 47.1 Å². The monoisotopic (exact) mass is 416 g/mol. The summed E-state index contributed by atoms with van der Waals surface area (Å²) in [5, 5.41) is 5.93. The average molecular weight is 417 g/mol. The molecule has 2 amide bonds. The summed E-state index contributed by atoms with van der Waals surface area (Å²) in [5.41, 5.74) is 7.30. The molecular formula is C21H28N4O3S. The van der Waals surface area contributed by atoms with E-state index in [1.807, 2.05) is 26.0 Å². The molecule has 0 aliphatic rings. The van der Waals surface area contributed by atoms with Gasteiger partial charge in [0.15, 0.2) is 10.9 Å². The molecule has 0 spiro atoms. The first-order valence-corrected chi connectivity index (χ1v) is 10.1. The second kappa shape index (κ2) is 11.2. The van der Waals surface area contributed by atoms with Gasteiger partial charge in [0.2, 0.25) is 0 Å². The van der Waals surface area contributed by atoms with Crippen molar-refractivity contribution >= 4 is 34.8 Å². The Morgan fingerprint density at radius 3 is 2.41 bits per heavy atom. The zero-order valence-electron chi connectivity index (χ0n) is 17.0. The zero-order chi connectivity index (χ0) is 21.2. The number of hydrogen-bond donors (Lipinski definition) is 4. The molecule has 0 radical (unpaired) electrons. The number of hydrogen-bond acceptors (Lipinski definition) is 4. The number of nitrogens with one attached hydrogen (secondary N) is 4. The summed E-state index contributed by atoms with van der Waals surface area (Å²) >= 11 is 5.22. The van der Waals surface area contributed by atoms with Gasteiger partial charge in [0.05, 0.1) is 6.26 Å². The van der Waals surface area contributed by atoms with Gasteiger partial charge < -0.3 is 15.1 Å². The molecule has 0 aliphatic heterocycles. The van der Waals surface area contributed by atoms with E-state index in [0.717, 1.165) is 24.9 Å². The van der Waals surface area contributed by atoms with Crippen molar-refractivity contribution < 1.29 is 14.0 Å². The number of rotatable bonds is 8. The molecule has 1 atom stereocenters. The van der Waals surface area contributed by atoms with Crippen LogP contribution >= 0.6 is 12.2 Å². The van der Waals surface area contributed by atoms with Crippen molar-refractivity contribution in [3.8, 4) is 0 Å². The van der Waals surface area contributed by atoms with Gasteiger partial charge in [-0.3, -0.25) is 20.4 Å². The molecule has 1 heterocycles. The Morgan fingerprint density at radius 2 is 1.83 bits per heavy atom. The Morgan fingerprint density at radius 1 is 1.10 bits per heavy atom. The highest BCUT2D eigenvalue weighted by Gasteiger charge is 2.25. The van der Waals surface area contributed by atoms with Crippen LogP contribution in [0.1, 0.15) is 49.7 Å². The van der Waals surface area contributed by atoms with E-state index in [0.29, 0.717) is 0 Å². The van der Waals surface area contributed by atoms with E-state index in [1.165, 1.54) is 17.9 Å². The molecule has 2 rings (SSSR count). The van der Waals surface area contributed by atoms with Gasteiger partial charge in [0, 0.05) is 5.69 Å². The summed E-state index contributed by atoms with van der Waals surface area (Å²) in [7, 11) is 0. The van der Waals surface area contributed by atoms with Crippen LogP contribution in [0.4, 0.5) is 5.69 Å². The Bertz CT molecular complexity index is 804. The van der Waals surface area contributed by atoms with Gasteiger partial charge in [-0.05, 0) is 60.8 Å². The van der Waals surface area contributed by atoms with E-state index in [2.05, 4.69) is 40.5 Å². The van der Waals surface area contributed by atoms with Crippen LogP contribution in [-0.4, -0.2) is 23.0 Å². The fourth-order valence-electron chi connectivity index (χ4n) is 2.65. The van der Waals surface area contributed by atoms with Crippen molar-refractivity contribution in [2.45, 2.75) is 46.1 Å². The first kappa shape index (κ1) is 22.4. The molecule has 29 heavy (non-hydrogen) atoms. The van der Waals surface area contributed by atoms with Crippen molar-refractivity contribution in [1.29, 1.82) is 0 Å². The van der Waals surface area contributed by atoms with Gasteiger partial charge >= 0.3 is 0 Å². The van der Waals surface area contributed by atoms with Crippen molar-refractivity contribution in [2.24, 2.45) is 5.92 Å². The lowest BCUT2D eigenvalue weighted by atomic mass is 10.0. The van der Waals surface area contributed by atoms with Crippen LogP contribution < -0.4 is 21.5 Å². The second-order valence-corrected chi connectivity index (χ2v) is 7.45. The number of carbonyl (C=O) groups is 2. The highest BCUT2D eigenvalue weighted by Crippen LogP contribution is 2.11. The van der Waals surface area contributed by atoms with Crippen LogP contribution in [-0.2, 0) is 11.2 Å². The maximum Gasteiger partial charge on any atom is 0.287 e. The molecular weight excluding hydrogens is 388 g/mol. The Kier molecular flexibility index (Phi) is 8.67. The third-order valence-corrected chi connectivity index (χ3v) is 4.51. The Labute approximate surface area is 176 Å². The van der Waals surface area contributed by atoms with E-state index in [9.17, 15) is 9.59 Å². The summed E-state index contributed by atoms with van der Waals surface area (Å²) in [5.74, 6) is -0.837. The van der Waals surface area contributed by atoms with E-state index < -0.39 is 17.9 Å². The van der Waals surface area contributed by atoms with Gasteiger partial charge in [0.1, 0.15) is 6.04 Å². The smallest absolute Gasteiger partial charge is 0.287 e. The van der Waals surface area contributed by atoms with Gasteiger partial charge in [-0.25, -0.2) is 0 Å². The second-order valence-electron chi connectivity index (χ2n) is 7.04. The molecule has 0 bridgehead atoms. The van der Waals surface area contributed by atoms with Crippen molar-refractivity contribution in [1.82, 2.24) is 16.2 Å². The Balaban J connectivity index is 1.83. The molecule has 1 aromatic carbocycles. The predicted molar refractivity (Wildman–Crippen MR) is 117 cm³/mol. The van der Waals surface area contributed by atoms with Gasteiger partial charge in [-0.1, -0.05) is 39.3 Å². The van der Waals surface area contributed by atoms with E-state index >= 15 is 0 Å². The quantitative estimate of drug-likeness (QED) is 0.389. The normalized spacial score (nSPS) is 11.6. The van der Waals surface area contributed by atoms with Crippen molar-refractivity contribution in [3.63, 3.8) is 0 Å². The van der Waals surface area contributed by atoms with Gasteiger partial charge in [-0.15, -0.1) is 0 Å². The number of anilines is 1. The number of thiocarbonyl (C=S) groups is 1. The molecule has 1 aromatic heterocycles. The SMILES string of the molecule is CCCCc1ccc(NC(=S)NNC(=O)[C@@H](NC(=O)c2ccco2)C(C)C)cc1. The first-order chi connectivity index (χ1) is 13.9. The maximum absolute atomic E-state index is 12.5. The number of benzene rings is 1. The number of unbranched alkanes of at least 4 members (excludes halogenated alkanes) is 1. The van der Waals surface area contributed by atoms with E-state index in [1.54, 1.807) is 6.07 Å². The van der Waals surface area contributed by atoms with Crippen LogP contribution in [0, 0.1) is 5.92 Å². The summed E-state index contributed by atoms with van der Waals surface area (Å²) in [4.78, 5) is 24.6. The molecule has 4 N–H and O–H groups in total. The lowest BCUT2D eigenvalue weighted by Crippen LogP contribution is -2.54. The number of furan rings is 1. The van der Waals surface area contributed by atoms with E-state index in [4.69, 9.17) is 16.6 Å². The summed E-state index contributed by atoms with van der Waals surface area (Å²) < 4.78 is 5.06. The summed E-state index contributed by atoms with van der Waals surface area (Å²) in [6.07, 6.45) is 4.77. The number of hydrazine groups is 1. The summed E-state index contributed by atoms with van der Waals surface area (Å²) in [6, 6.07) is 10.4. The molecule has 8 heteroatoms. The maximum atomic E-state index is 12.5. The molecule has 0 fully saturated rings. The van der Waals surface area contributed by atoms with Gasteiger partial charge in [-0.2, -0.15) is 0 Å². The van der Waals surface area contributed by atoms with E-state index in [-0.39, 0.29) is 16.8 Å². The predicted octanol–water partition coefficient (Wildman–Crippen LogP) is 3.39. The lowest BCUT2D eigenvalue weighted by molar-refractivity contribution is -0.124. The number of carbonyl (C=O) groups excluding carboxylic acids is 2. The molecule has 7 nitrogen and oxygen atoms in total. The fourth-order valence-corrected chi connectivity index (χ4v) is 2.82. The zero-order valence-corrected chi connectivity index (χ0v) is 17.8. The minimum atomic E-state index is -0.749. The third-order valence-electron chi connectivity index (χ3n) is 4.31. The summed E-state index contributed by atoms with van der Waals surface area (Å²) in [6.45, 7) is 5.84. The fraction of sp³-hybridized carbons (Fsp3) is 0.381. The van der Waals surface area contributed by atoms with Crippen LogP contribution in [0.25, 0.3) is 0 Å². The Hall–Kier alpha value is -2.87. The van der Waals surface area contributed by atoms with Crippen molar-refractivity contribution in [2.75, 3.05) is 5.32 Å². The third kappa shape index (κ3) is 7.23. The molecule has 0 aliphatic carbocycles. The average Bonchev–Trinajstić information content (AvgIpc) is 3.24. The van der Waals surface area contributed by atoms with Crippen molar-refractivity contribution in [3.05, 3.63) is 54.0 Å². The van der Waals surface area contributed by atoms with Crippen LogP contribution in [0.5, 0.6) is 0 Å². The molecule has 2 aromatic rings. The van der Waals surface area contributed by atoms with Crippen LogP contribution in [0.2, 0.25) is 0 Å². The molecule has 0 saturated carbocycles. The molecule has 0 saturated heterocycles. The number of aryl methyl sites for hydroxylation is 1. The molecule has 0 unspecified atom stereocenters. The lowest BCUT2D eigenvalue weighted by Gasteiger charge is -2.22. The number of amides is 2. The molecule has 156 valence electrons. The standard InChI is InChI=1S/C21H28N4O3S/c1-4-5-7-15-9-11-16(12-10-15)22-21(29)25-24-20(27)18(14(2)3)23-19(26)17-8-6-13-28-17/h6,8-14,18H,4-5,7H2,1-3H3,(H,23,26)(H,24,27)(H2,22,25,29)/t18-/m0/s1.